The lowest BCUT2D eigenvalue weighted by Gasteiger charge is -2.29. The van der Waals surface area contributed by atoms with Crippen molar-refractivity contribution < 1.29 is 0 Å². The van der Waals surface area contributed by atoms with Crippen molar-refractivity contribution in [1.82, 2.24) is 4.57 Å². The summed E-state index contributed by atoms with van der Waals surface area (Å²) in [6.07, 6.45) is 0. The summed E-state index contributed by atoms with van der Waals surface area (Å²) in [4.78, 5) is 2.16. The fourth-order valence-electron chi connectivity index (χ4n) is 4.37. The second kappa shape index (κ2) is 7.82. The molecule has 5 aromatic rings. The van der Waals surface area contributed by atoms with Crippen LogP contribution in [-0.2, 0) is 7.05 Å². The van der Waals surface area contributed by atoms with E-state index in [0.29, 0.717) is 5.69 Å². The Labute approximate surface area is 188 Å². The van der Waals surface area contributed by atoms with Crippen molar-refractivity contribution in [2.24, 2.45) is 7.05 Å². The van der Waals surface area contributed by atoms with Gasteiger partial charge in [0.25, 0.3) is 0 Å². The lowest BCUT2D eigenvalue weighted by molar-refractivity contribution is 1.01. The third kappa shape index (κ3) is 3.26. The van der Waals surface area contributed by atoms with Crippen LogP contribution in [0.4, 0.5) is 22.7 Å². The van der Waals surface area contributed by atoms with E-state index in [1.165, 1.54) is 21.8 Å². The SMILES string of the molecule is C=C(Nc1ccccc1N)N(c1ccc2c(c1)c1ccccc1n2C)c1ccccc1C. The standard InChI is InChI=1S/C28H26N4/c1-19-10-4-8-14-26(19)32(20(2)30-25-13-7-6-12-24(25)29)21-16-17-28-23(18-21)22-11-5-9-15-27(22)31(28)3/h4-18,30H,2,29H2,1,3H3. The van der Waals surface area contributed by atoms with E-state index >= 15 is 0 Å². The van der Waals surface area contributed by atoms with Crippen LogP contribution in [0.1, 0.15) is 5.56 Å². The summed E-state index contributed by atoms with van der Waals surface area (Å²) in [7, 11) is 2.11. The molecule has 4 nitrogen and oxygen atoms in total. The maximum atomic E-state index is 6.19. The quantitative estimate of drug-likeness (QED) is 0.304. The molecular formula is C28H26N4. The van der Waals surface area contributed by atoms with E-state index in [1.807, 2.05) is 24.3 Å². The van der Waals surface area contributed by atoms with Crippen molar-refractivity contribution in [3.8, 4) is 0 Å². The molecule has 158 valence electrons. The van der Waals surface area contributed by atoms with Gasteiger partial charge >= 0.3 is 0 Å². The second-order valence-electron chi connectivity index (χ2n) is 8.06. The minimum Gasteiger partial charge on any atom is -0.397 e. The Bertz CT molecular complexity index is 1460. The molecule has 0 aliphatic carbocycles. The summed E-state index contributed by atoms with van der Waals surface area (Å²) in [5.74, 6) is 0.733. The Morgan fingerprint density at radius 3 is 2.34 bits per heavy atom. The largest absolute Gasteiger partial charge is 0.397 e. The number of nitrogen functional groups attached to an aromatic ring is 1. The third-order valence-electron chi connectivity index (χ3n) is 6.02. The number of aryl methyl sites for hydroxylation is 2. The van der Waals surface area contributed by atoms with Gasteiger partial charge in [-0.1, -0.05) is 55.1 Å². The van der Waals surface area contributed by atoms with Gasteiger partial charge in [0, 0.05) is 34.5 Å². The van der Waals surface area contributed by atoms with E-state index < -0.39 is 0 Å². The predicted octanol–water partition coefficient (Wildman–Crippen LogP) is 6.94. The number of nitrogens with one attached hydrogen (secondary N) is 1. The van der Waals surface area contributed by atoms with Crippen LogP contribution in [0, 0.1) is 6.92 Å². The van der Waals surface area contributed by atoms with Crippen LogP contribution in [-0.4, -0.2) is 4.57 Å². The summed E-state index contributed by atoms with van der Waals surface area (Å²) in [6, 6.07) is 31.1. The molecule has 0 aliphatic rings. The van der Waals surface area contributed by atoms with Crippen LogP contribution >= 0.6 is 0 Å². The molecule has 0 unspecified atom stereocenters. The maximum absolute atomic E-state index is 6.19. The molecule has 0 radical (unpaired) electrons. The molecule has 0 spiro atoms. The van der Waals surface area contributed by atoms with Crippen molar-refractivity contribution in [2.75, 3.05) is 16.0 Å². The molecule has 0 aliphatic heterocycles. The van der Waals surface area contributed by atoms with Gasteiger partial charge in [0.2, 0.25) is 0 Å². The third-order valence-corrected chi connectivity index (χ3v) is 6.02. The van der Waals surface area contributed by atoms with Gasteiger partial charge in [-0.3, -0.25) is 4.90 Å². The minimum atomic E-state index is 0.683. The van der Waals surface area contributed by atoms with E-state index in [2.05, 4.69) is 102 Å². The Morgan fingerprint density at radius 1 is 0.844 bits per heavy atom. The number of benzene rings is 4. The number of nitrogens with two attached hydrogens (primary N) is 1. The van der Waals surface area contributed by atoms with Gasteiger partial charge in [-0.25, -0.2) is 0 Å². The molecular weight excluding hydrogens is 392 g/mol. The number of para-hydroxylation sites is 4. The zero-order valence-electron chi connectivity index (χ0n) is 18.3. The smallest absolute Gasteiger partial charge is 0.108 e. The van der Waals surface area contributed by atoms with Crippen molar-refractivity contribution in [2.45, 2.75) is 6.92 Å². The summed E-state index contributed by atoms with van der Waals surface area (Å²) in [5.41, 5.74) is 13.4. The Morgan fingerprint density at radius 2 is 1.53 bits per heavy atom. The zero-order chi connectivity index (χ0) is 22.2. The number of rotatable bonds is 5. The van der Waals surface area contributed by atoms with Gasteiger partial charge in [0.1, 0.15) is 5.82 Å². The molecule has 32 heavy (non-hydrogen) atoms. The molecule has 0 atom stereocenters. The maximum Gasteiger partial charge on any atom is 0.108 e. The monoisotopic (exact) mass is 418 g/mol. The molecule has 0 bridgehead atoms. The fourth-order valence-corrected chi connectivity index (χ4v) is 4.37. The molecule has 0 amide bonds. The number of fused-ring (bicyclic) bond motifs is 3. The summed E-state index contributed by atoms with van der Waals surface area (Å²) >= 11 is 0. The summed E-state index contributed by atoms with van der Waals surface area (Å²) in [6.45, 7) is 6.50. The topological polar surface area (TPSA) is 46.2 Å². The lowest BCUT2D eigenvalue weighted by atomic mass is 10.1. The first kappa shape index (κ1) is 19.8. The van der Waals surface area contributed by atoms with Gasteiger partial charge in [0.15, 0.2) is 0 Å². The zero-order valence-corrected chi connectivity index (χ0v) is 18.3. The van der Waals surface area contributed by atoms with Gasteiger partial charge in [0.05, 0.1) is 17.1 Å². The first-order chi connectivity index (χ1) is 15.5. The van der Waals surface area contributed by atoms with Crippen LogP contribution in [0.3, 0.4) is 0 Å². The number of hydrogen-bond acceptors (Lipinski definition) is 3. The van der Waals surface area contributed by atoms with Crippen molar-refractivity contribution in [3.05, 3.63) is 109 Å². The molecule has 0 fully saturated rings. The molecule has 5 rings (SSSR count). The number of anilines is 4. The van der Waals surface area contributed by atoms with Crippen LogP contribution < -0.4 is 16.0 Å². The first-order valence-corrected chi connectivity index (χ1v) is 10.7. The van der Waals surface area contributed by atoms with Gasteiger partial charge in [-0.05, 0) is 55.0 Å². The molecule has 1 aromatic heterocycles. The summed E-state index contributed by atoms with van der Waals surface area (Å²) in [5, 5.41) is 5.88. The van der Waals surface area contributed by atoms with Gasteiger partial charge in [-0.15, -0.1) is 0 Å². The molecule has 0 saturated heterocycles. The minimum absolute atomic E-state index is 0.683. The highest BCUT2D eigenvalue weighted by Crippen LogP contribution is 2.37. The van der Waals surface area contributed by atoms with E-state index in [1.54, 1.807) is 0 Å². The average molecular weight is 419 g/mol. The highest BCUT2D eigenvalue weighted by Gasteiger charge is 2.18. The van der Waals surface area contributed by atoms with E-state index in [0.717, 1.165) is 28.4 Å². The Kier molecular flexibility index (Phi) is 4.83. The molecule has 4 aromatic carbocycles. The van der Waals surface area contributed by atoms with E-state index in [9.17, 15) is 0 Å². The van der Waals surface area contributed by atoms with Gasteiger partial charge < -0.3 is 15.6 Å². The Balaban J connectivity index is 1.67. The molecule has 0 saturated carbocycles. The highest BCUT2D eigenvalue weighted by atomic mass is 15.3. The second-order valence-corrected chi connectivity index (χ2v) is 8.06. The summed E-state index contributed by atoms with van der Waals surface area (Å²) < 4.78 is 2.24. The van der Waals surface area contributed by atoms with E-state index in [4.69, 9.17) is 5.73 Å². The molecule has 1 heterocycles. The first-order valence-electron chi connectivity index (χ1n) is 10.7. The van der Waals surface area contributed by atoms with Crippen molar-refractivity contribution in [3.63, 3.8) is 0 Å². The lowest BCUT2D eigenvalue weighted by Crippen LogP contribution is -2.22. The highest BCUT2D eigenvalue weighted by molar-refractivity contribution is 6.09. The number of nitrogens with zero attached hydrogens (tertiary/aromatic N) is 2. The number of aromatic nitrogens is 1. The van der Waals surface area contributed by atoms with Crippen molar-refractivity contribution in [1.29, 1.82) is 0 Å². The number of hydrogen-bond donors (Lipinski definition) is 2. The van der Waals surface area contributed by atoms with Crippen LogP contribution in [0.5, 0.6) is 0 Å². The normalized spacial score (nSPS) is 11.1. The fraction of sp³-hybridized carbons (Fsp3) is 0.0714. The molecule has 4 heteroatoms. The Hall–Kier alpha value is -4.18. The molecule has 3 N–H and O–H groups in total. The van der Waals surface area contributed by atoms with Crippen LogP contribution in [0.15, 0.2) is 103 Å². The van der Waals surface area contributed by atoms with Gasteiger partial charge in [-0.2, -0.15) is 0 Å². The van der Waals surface area contributed by atoms with Crippen LogP contribution in [0.2, 0.25) is 0 Å². The average Bonchev–Trinajstić information content (AvgIpc) is 3.09. The van der Waals surface area contributed by atoms with Crippen molar-refractivity contribution >= 4 is 44.6 Å². The van der Waals surface area contributed by atoms with E-state index in [-0.39, 0.29) is 0 Å². The predicted molar refractivity (Wildman–Crippen MR) is 137 cm³/mol. The van der Waals surface area contributed by atoms with Crippen LogP contribution in [0.25, 0.3) is 21.8 Å².